The van der Waals surface area contributed by atoms with Gasteiger partial charge in [0.05, 0.1) is 29.5 Å². The Labute approximate surface area is 192 Å². The second-order valence-electron chi connectivity index (χ2n) is 7.63. The average Bonchev–Trinajstić information content (AvgIpc) is 3.52. The zero-order valence-electron chi connectivity index (χ0n) is 17.7. The van der Waals surface area contributed by atoms with Crippen molar-refractivity contribution in [2.24, 2.45) is 7.05 Å². The molecule has 2 N–H and O–H groups in total. The van der Waals surface area contributed by atoms with E-state index in [1.165, 1.54) is 20.5 Å². The van der Waals surface area contributed by atoms with Gasteiger partial charge in [0.25, 0.3) is 5.91 Å². The smallest absolute Gasteiger partial charge is 0.260 e. The molecule has 1 aliphatic heterocycles. The Morgan fingerprint density at radius 3 is 2.73 bits per heavy atom. The maximum absolute atomic E-state index is 12.3. The number of likely N-dealkylation sites (N-methyl/N-ethyl adjacent to an activating group) is 1. The molecular weight excluding hydrogens is 448 g/mol. The van der Waals surface area contributed by atoms with Crippen LogP contribution in [0.5, 0.6) is 0 Å². The van der Waals surface area contributed by atoms with Gasteiger partial charge in [-0.15, -0.1) is 5.10 Å². The van der Waals surface area contributed by atoms with Crippen molar-refractivity contribution in [2.75, 3.05) is 18.9 Å². The molecule has 5 rings (SSSR count). The van der Waals surface area contributed by atoms with Crippen LogP contribution in [0.3, 0.4) is 0 Å². The van der Waals surface area contributed by atoms with Crippen molar-refractivity contribution >= 4 is 29.1 Å². The molecule has 1 atom stereocenters. The number of nitrogens with one attached hydrogen (secondary N) is 1. The van der Waals surface area contributed by atoms with E-state index in [9.17, 15) is 9.90 Å². The Morgan fingerprint density at radius 2 is 2.00 bits per heavy atom. The number of carbonyl (C=O) groups is 1. The molecule has 5 heterocycles. The summed E-state index contributed by atoms with van der Waals surface area (Å²) in [4.78, 5) is 27.1. The van der Waals surface area contributed by atoms with E-state index in [2.05, 4.69) is 35.7 Å². The number of rotatable bonds is 5. The summed E-state index contributed by atoms with van der Waals surface area (Å²) in [5, 5.41) is 26.4. The minimum atomic E-state index is -1.68. The van der Waals surface area contributed by atoms with Crippen LogP contribution in [0.2, 0.25) is 5.15 Å². The summed E-state index contributed by atoms with van der Waals surface area (Å²) in [7, 11) is 3.37. The van der Waals surface area contributed by atoms with Gasteiger partial charge >= 0.3 is 0 Å². The second kappa shape index (κ2) is 7.90. The monoisotopic (exact) mass is 466 g/mol. The fourth-order valence-electron chi connectivity index (χ4n) is 3.54. The highest BCUT2D eigenvalue weighted by atomic mass is 35.5. The molecule has 4 aromatic heterocycles. The number of amides is 1. The molecule has 13 heteroatoms. The molecule has 1 aliphatic rings. The van der Waals surface area contributed by atoms with E-state index in [4.69, 9.17) is 11.6 Å². The molecule has 1 fully saturated rings. The number of aryl methyl sites for hydroxylation is 1. The number of aliphatic hydroxyl groups is 1. The predicted octanol–water partition coefficient (Wildman–Crippen LogP) is 1.30. The van der Waals surface area contributed by atoms with Crippen molar-refractivity contribution < 1.29 is 9.90 Å². The number of pyridine rings is 1. The van der Waals surface area contributed by atoms with Crippen molar-refractivity contribution in [3.8, 4) is 17.2 Å². The first kappa shape index (κ1) is 21.0. The van der Waals surface area contributed by atoms with E-state index in [-0.39, 0.29) is 12.1 Å². The van der Waals surface area contributed by atoms with Crippen LogP contribution in [-0.4, -0.2) is 69.2 Å². The molecule has 168 valence electrons. The minimum absolute atomic E-state index is 0.186. The zero-order valence-corrected chi connectivity index (χ0v) is 18.5. The number of hydrogen-bond acceptors (Lipinski definition) is 9. The van der Waals surface area contributed by atoms with Crippen molar-refractivity contribution in [2.45, 2.75) is 12.0 Å². The number of nitrogens with zero attached hydrogens (tertiary/aromatic N) is 9. The molecular formula is C20H19ClN10O2. The summed E-state index contributed by atoms with van der Waals surface area (Å²) >= 11 is 6.19. The van der Waals surface area contributed by atoms with E-state index in [0.29, 0.717) is 40.5 Å². The van der Waals surface area contributed by atoms with E-state index in [0.717, 1.165) is 0 Å². The van der Waals surface area contributed by atoms with Crippen LogP contribution in [0.15, 0.2) is 42.9 Å². The van der Waals surface area contributed by atoms with Gasteiger partial charge in [-0.3, -0.25) is 9.48 Å². The van der Waals surface area contributed by atoms with Crippen LogP contribution >= 0.6 is 11.6 Å². The van der Waals surface area contributed by atoms with E-state index in [1.807, 2.05) is 0 Å². The third-order valence-corrected chi connectivity index (χ3v) is 5.87. The van der Waals surface area contributed by atoms with Crippen molar-refractivity contribution in [1.29, 1.82) is 0 Å². The molecule has 0 aromatic carbocycles. The predicted molar refractivity (Wildman–Crippen MR) is 118 cm³/mol. The number of hydrogen-bond donors (Lipinski definition) is 2. The highest BCUT2D eigenvalue weighted by molar-refractivity contribution is 6.32. The highest BCUT2D eigenvalue weighted by Gasteiger charge is 2.47. The van der Waals surface area contributed by atoms with Gasteiger partial charge < -0.3 is 15.3 Å². The lowest BCUT2D eigenvalue weighted by Gasteiger charge is -2.17. The third kappa shape index (κ3) is 3.68. The molecule has 33 heavy (non-hydrogen) atoms. The van der Waals surface area contributed by atoms with Gasteiger partial charge in [0.15, 0.2) is 11.4 Å². The minimum Gasteiger partial charge on any atom is -0.374 e. The lowest BCUT2D eigenvalue weighted by molar-refractivity contribution is -0.143. The third-order valence-electron chi connectivity index (χ3n) is 5.43. The topological polar surface area (TPSA) is 140 Å². The van der Waals surface area contributed by atoms with E-state index < -0.39 is 11.5 Å². The van der Waals surface area contributed by atoms with Gasteiger partial charge in [0.2, 0.25) is 5.95 Å². The maximum Gasteiger partial charge on any atom is 0.260 e. The molecule has 1 amide bonds. The van der Waals surface area contributed by atoms with Crippen molar-refractivity contribution in [1.82, 2.24) is 44.6 Å². The summed E-state index contributed by atoms with van der Waals surface area (Å²) in [6.45, 7) is 0.449. The maximum atomic E-state index is 12.3. The number of carbonyl (C=O) groups excluding carboxylic acids is 1. The van der Waals surface area contributed by atoms with Gasteiger partial charge in [-0.2, -0.15) is 5.10 Å². The molecule has 0 spiro atoms. The first-order chi connectivity index (χ1) is 15.8. The van der Waals surface area contributed by atoms with Crippen LogP contribution in [0.1, 0.15) is 12.1 Å². The summed E-state index contributed by atoms with van der Waals surface area (Å²) < 4.78 is 2.94. The van der Waals surface area contributed by atoms with Crippen LogP contribution in [-0.2, 0) is 17.4 Å². The molecule has 0 aliphatic carbocycles. The summed E-state index contributed by atoms with van der Waals surface area (Å²) in [6.07, 6.45) is 4.96. The number of likely N-dealkylation sites (tertiary alicyclic amines) is 1. The van der Waals surface area contributed by atoms with Crippen LogP contribution in [0, 0.1) is 0 Å². The Kier molecular flexibility index (Phi) is 5.02. The normalized spacial score (nSPS) is 18.2. The summed E-state index contributed by atoms with van der Waals surface area (Å²) in [6, 6.07) is 7.07. The number of aromatic nitrogens is 8. The van der Waals surface area contributed by atoms with Crippen LogP contribution in [0.4, 0.5) is 11.6 Å². The largest absolute Gasteiger partial charge is 0.374 e. The van der Waals surface area contributed by atoms with Crippen LogP contribution < -0.4 is 5.32 Å². The summed E-state index contributed by atoms with van der Waals surface area (Å²) in [5.74, 6) is 0.395. The molecule has 1 saturated heterocycles. The lowest BCUT2D eigenvalue weighted by atomic mass is 9.99. The van der Waals surface area contributed by atoms with Gasteiger partial charge in [-0.05, 0) is 18.2 Å². The number of anilines is 2. The van der Waals surface area contributed by atoms with Gasteiger partial charge in [-0.1, -0.05) is 22.9 Å². The second-order valence-corrected chi connectivity index (χ2v) is 7.99. The fourth-order valence-corrected chi connectivity index (χ4v) is 3.68. The zero-order chi connectivity index (χ0) is 23.2. The Balaban J connectivity index is 1.42. The Bertz CT molecular complexity index is 1350. The first-order valence-electron chi connectivity index (χ1n) is 10.0. The fraction of sp³-hybridized carbons (Fsp3) is 0.250. The average molecular weight is 467 g/mol. The standard InChI is InChI=1S/C20H19ClN10O2/c1-29-9-7-20(33,18(29)32)15-11-31(28-27-15)16-5-3-4-12(24-16)13-6-8-22-19(25-13)26-14-10-23-30(2)17(14)21/h3-6,8,10-11,33H,7,9H2,1-2H3,(H,22,25,26)/t20-/m1/s1. The molecule has 0 saturated carbocycles. The molecule has 0 radical (unpaired) electrons. The molecule has 4 aromatic rings. The quantitative estimate of drug-likeness (QED) is 0.445. The van der Waals surface area contributed by atoms with E-state index in [1.54, 1.807) is 50.8 Å². The number of halogens is 1. The SMILES string of the molecule is CN1CC[C@@](O)(c2cn(-c3cccc(-c4ccnc(Nc5cnn(C)c5Cl)n4)n3)nn2)C1=O. The Morgan fingerprint density at radius 1 is 1.18 bits per heavy atom. The summed E-state index contributed by atoms with van der Waals surface area (Å²) in [5.41, 5.74) is 0.235. The van der Waals surface area contributed by atoms with Crippen molar-refractivity contribution in [3.63, 3.8) is 0 Å². The highest BCUT2D eigenvalue weighted by Crippen LogP contribution is 2.31. The van der Waals surface area contributed by atoms with E-state index >= 15 is 0 Å². The van der Waals surface area contributed by atoms with Crippen molar-refractivity contribution in [3.05, 3.63) is 53.7 Å². The molecule has 12 nitrogen and oxygen atoms in total. The van der Waals surface area contributed by atoms with Gasteiger partial charge in [0.1, 0.15) is 10.8 Å². The van der Waals surface area contributed by atoms with Gasteiger partial charge in [-0.25, -0.2) is 19.6 Å². The Hall–Kier alpha value is -3.90. The van der Waals surface area contributed by atoms with Crippen LogP contribution in [0.25, 0.3) is 17.2 Å². The first-order valence-corrected chi connectivity index (χ1v) is 10.4. The molecule has 0 unspecified atom stereocenters. The van der Waals surface area contributed by atoms with Gasteiger partial charge in [0, 0.05) is 33.3 Å². The molecule has 0 bridgehead atoms. The lowest BCUT2D eigenvalue weighted by Crippen LogP contribution is -2.36.